The fourth-order valence-corrected chi connectivity index (χ4v) is 4.66. The number of aromatic nitrogens is 3. The van der Waals surface area contributed by atoms with E-state index in [1.54, 1.807) is 50.6 Å². The van der Waals surface area contributed by atoms with E-state index in [4.69, 9.17) is 15.7 Å². The number of benzene rings is 2. The average molecular weight is 481 g/mol. The largest absolute Gasteiger partial charge is 0.457 e. The van der Waals surface area contributed by atoms with E-state index in [9.17, 15) is 9.59 Å². The Balaban J connectivity index is 1.54. The third kappa shape index (κ3) is 4.09. The Labute approximate surface area is 207 Å². The number of nitrogens with two attached hydrogens (primary N) is 1. The number of nitrogens with zero attached hydrogens (tertiary/aromatic N) is 5. The maximum atomic E-state index is 13.8. The third-order valence-electron chi connectivity index (χ3n) is 6.33. The Hall–Kier alpha value is -4.84. The van der Waals surface area contributed by atoms with E-state index in [2.05, 4.69) is 11.6 Å². The normalized spacial score (nSPS) is 15.4. The van der Waals surface area contributed by atoms with Crippen LogP contribution in [0.1, 0.15) is 18.9 Å². The van der Waals surface area contributed by atoms with Gasteiger partial charge in [-0.15, -0.1) is 0 Å². The van der Waals surface area contributed by atoms with Crippen LogP contribution in [0.2, 0.25) is 0 Å². The zero-order chi connectivity index (χ0) is 25.2. The van der Waals surface area contributed by atoms with Crippen LogP contribution < -0.4 is 16.2 Å². The molecule has 0 radical (unpaired) electrons. The van der Waals surface area contributed by atoms with Crippen LogP contribution in [0.3, 0.4) is 0 Å². The van der Waals surface area contributed by atoms with Crippen molar-refractivity contribution in [1.82, 2.24) is 19.0 Å². The van der Waals surface area contributed by atoms with Gasteiger partial charge in [-0.05, 0) is 55.3 Å². The molecule has 4 aromatic rings. The topological polar surface area (TPSA) is 119 Å². The molecule has 2 aromatic carbocycles. The minimum Gasteiger partial charge on any atom is -0.457 e. The van der Waals surface area contributed by atoms with Gasteiger partial charge in [0.1, 0.15) is 34.5 Å². The number of piperidine rings is 1. The Morgan fingerprint density at radius 2 is 1.83 bits per heavy atom. The van der Waals surface area contributed by atoms with Crippen LogP contribution >= 0.6 is 0 Å². The molecular weight excluding hydrogens is 456 g/mol. The Morgan fingerprint density at radius 1 is 1.11 bits per heavy atom. The number of carbonyl (C=O) groups is 1. The molecule has 1 fully saturated rings. The van der Waals surface area contributed by atoms with Crippen molar-refractivity contribution in [2.75, 3.05) is 18.8 Å². The lowest BCUT2D eigenvalue weighted by atomic mass is 10.0. The summed E-state index contributed by atoms with van der Waals surface area (Å²) in [6.45, 7) is 4.35. The standard InChI is InChI=1S/C27H24N6O3/c1-18(16-28)26(34)31-15-5-6-20(17-31)32-23-13-14-30-25(29)24(23)33(27(32)35)19-9-11-22(12-10-19)36-21-7-3-2-4-8-21/h2-4,7-14,20H,1,5-6,15,17H2,(H2,29,30)/t20-/m1/s1. The Morgan fingerprint density at radius 3 is 2.56 bits per heavy atom. The first-order valence-electron chi connectivity index (χ1n) is 11.6. The number of amides is 1. The first kappa shape index (κ1) is 22.9. The zero-order valence-corrected chi connectivity index (χ0v) is 19.5. The molecule has 0 spiro atoms. The third-order valence-corrected chi connectivity index (χ3v) is 6.33. The second kappa shape index (κ2) is 9.43. The Bertz CT molecular complexity index is 1550. The molecular formula is C27H24N6O3. The molecule has 0 unspecified atom stereocenters. The highest BCUT2D eigenvalue weighted by atomic mass is 16.5. The molecule has 2 N–H and O–H groups in total. The van der Waals surface area contributed by atoms with Gasteiger partial charge in [-0.2, -0.15) is 5.26 Å². The Kier molecular flexibility index (Phi) is 6.00. The van der Waals surface area contributed by atoms with Gasteiger partial charge in [-0.3, -0.25) is 13.9 Å². The van der Waals surface area contributed by atoms with Crippen LogP contribution in [0.15, 0.2) is 83.8 Å². The predicted octanol–water partition coefficient (Wildman–Crippen LogP) is 3.80. The molecule has 0 aliphatic carbocycles. The summed E-state index contributed by atoms with van der Waals surface area (Å²) in [5, 5.41) is 9.08. The lowest BCUT2D eigenvalue weighted by Crippen LogP contribution is -2.43. The van der Waals surface area contributed by atoms with Gasteiger partial charge in [-0.25, -0.2) is 9.78 Å². The summed E-state index contributed by atoms with van der Waals surface area (Å²) in [6, 6.07) is 19.9. The first-order valence-corrected chi connectivity index (χ1v) is 11.6. The minimum absolute atomic E-state index is 0.114. The highest BCUT2D eigenvalue weighted by Gasteiger charge is 2.30. The zero-order valence-electron chi connectivity index (χ0n) is 19.5. The van der Waals surface area contributed by atoms with Gasteiger partial charge in [-0.1, -0.05) is 24.8 Å². The molecule has 180 valence electrons. The van der Waals surface area contributed by atoms with Crippen molar-refractivity contribution in [3.8, 4) is 23.3 Å². The number of ether oxygens (including phenoxy) is 1. The van der Waals surface area contributed by atoms with Gasteiger partial charge < -0.3 is 15.4 Å². The van der Waals surface area contributed by atoms with Crippen molar-refractivity contribution in [3.63, 3.8) is 0 Å². The van der Waals surface area contributed by atoms with E-state index in [1.165, 1.54) is 0 Å². The molecule has 1 amide bonds. The lowest BCUT2D eigenvalue weighted by molar-refractivity contribution is -0.128. The number of nitrogen functional groups attached to an aromatic ring is 1. The second-order valence-corrected chi connectivity index (χ2v) is 8.60. The number of anilines is 1. The number of imidazole rings is 1. The lowest BCUT2D eigenvalue weighted by Gasteiger charge is -2.33. The van der Waals surface area contributed by atoms with Crippen molar-refractivity contribution >= 4 is 22.8 Å². The molecule has 1 saturated heterocycles. The summed E-state index contributed by atoms with van der Waals surface area (Å²) in [5.41, 5.74) is 7.61. The number of likely N-dealkylation sites (tertiary alicyclic amines) is 1. The summed E-state index contributed by atoms with van der Waals surface area (Å²) in [6.07, 6.45) is 2.96. The molecule has 9 heteroatoms. The van der Waals surface area contributed by atoms with Crippen molar-refractivity contribution in [2.45, 2.75) is 18.9 Å². The summed E-state index contributed by atoms with van der Waals surface area (Å²) in [4.78, 5) is 32.2. The predicted molar refractivity (Wildman–Crippen MR) is 136 cm³/mol. The molecule has 3 heterocycles. The molecule has 9 nitrogen and oxygen atoms in total. The fraction of sp³-hybridized carbons (Fsp3) is 0.185. The van der Waals surface area contributed by atoms with Crippen LogP contribution in [0, 0.1) is 11.3 Å². The SMILES string of the molecule is C=C(C#N)C(=O)N1CCC[C@@H](n2c(=O)n(-c3ccc(Oc4ccccc4)cc3)c3c(N)nccc32)C1. The van der Waals surface area contributed by atoms with Gasteiger partial charge in [0.25, 0.3) is 5.91 Å². The summed E-state index contributed by atoms with van der Waals surface area (Å²) in [7, 11) is 0. The second-order valence-electron chi connectivity index (χ2n) is 8.60. The van der Waals surface area contributed by atoms with Gasteiger partial charge >= 0.3 is 5.69 Å². The fourth-order valence-electron chi connectivity index (χ4n) is 4.66. The number of rotatable bonds is 5. The molecule has 36 heavy (non-hydrogen) atoms. The van der Waals surface area contributed by atoms with Crippen LogP contribution in [-0.4, -0.2) is 38.0 Å². The van der Waals surface area contributed by atoms with E-state index < -0.39 is 5.91 Å². The smallest absolute Gasteiger partial charge is 0.334 e. The number of fused-ring (bicyclic) bond motifs is 1. The monoisotopic (exact) mass is 480 g/mol. The number of hydrogen-bond donors (Lipinski definition) is 1. The minimum atomic E-state index is -0.408. The van der Waals surface area contributed by atoms with Crippen molar-refractivity contribution in [3.05, 3.63) is 89.5 Å². The maximum absolute atomic E-state index is 13.8. The van der Waals surface area contributed by atoms with E-state index in [-0.39, 0.29) is 23.1 Å². The van der Waals surface area contributed by atoms with Gasteiger partial charge in [0.05, 0.1) is 17.2 Å². The van der Waals surface area contributed by atoms with Gasteiger partial charge in [0, 0.05) is 19.3 Å². The molecule has 1 aliphatic heterocycles. The molecule has 2 aromatic heterocycles. The summed E-state index contributed by atoms with van der Waals surface area (Å²) >= 11 is 0. The van der Waals surface area contributed by atoms with Gasteiger partial charge in [0.2, 0.25) is 0 Å². The van der Waals surface area contributed by atoms with Gasteiger partial charge in [0.15, 0.2) is 0 Å². The molecule has 1 atom stereocenters. The van der Waals surface area contributed by atoms with Crippen LogP contribution in [0.4, 0.5) is 5.82 Å². The van der Waals surface area contributed by atoms with Crippen molar-refractivity contribution in [2.24, 2.45) is 0 Å². The van der Waals surface area contributed by atoms with Crippen LogP contribution in [-0.2, 0) is 4.79 Å². The quantitative estimate of drug-likeness (QED) is 0.343. The molecule has 1 aliphatic rings. The van der Waals surface area contributed by atoms with E-state index in [0.29, 0.717) is 54.2 Å². The number of nitriles is 1. The molecule has 5 rings (SSSR count). The summed E-state index contributed by atoms with van der Waals surface area (Å²) < 4.78 is 9.09. The average Bonchev–Trinajstić information content (AvgIpc) is 3.22. The summed E-state index contributed by atoms with van der Waals surface area (Å²) in [5.74, 6) is 1.17. The van der Waals surface area contributed by atoms with Crippen molar-refractivity contribution in [1.29, 1.82) is 5.26 Å². The van der Waals surface area contributed by atoms with Crippen molar-refractivity contribution < 1.29 is 9.53 Å². The molecule has 0 bridgehead atoms. The van der Waals surface area contributed by atoms with E-state index in [0.717, 1.165) is 0 Å². The van der Waals surface area contributed by atoms with E-state index in [1.807, 2.05) is 36.4 Å². The van der Waals surface area contributed by atoms with Crippen LogP contribution in [0.5, 0.6) is 11.5 Å². The van der Waals surface area contributed by atoms with E-state index >= 15 is 0 Å². The maximum Gasteiger partial charge on any atom is 0.334 e. The highest BCUT2D eigenvalue weighted by Crippen LogP contribution is 2.29. The molecule has 0 saturated carbocycles. The van der Waals surface area contributed by atoms with Crippen LogP contribution in [0.25, 0.3) is 16.7 Å². The number of para-hydroxylation sites is 1. The first-order chi connectivity index (χ1) is 17.5. The number of hydrogen-bond acceptors (Lipinski definition) is 6. The highest BCUT2D eigenvalue weighted by molar-refractivity contribution is 5.96. The number of carbonyl (C=O) groups excluding carboxylic acids is 1. The number of pyridine rings is 1.